The summed E-state index contributed by atoms with van der Waals surface area (Å²) in [4.78, 5) is 0. The molecule has 0 bridgehead atoms. The number of hydrogen-bond acceptors (Lipinski definition) is 1. The zero-order valence-electron chi connectivity index (χ0n) is 8.97. The van der Waals surface area contributed by atoms with Gasteiger partial charge in [0.25, 0.3) is 0 Å². The second-order valence-electron chi connectivity index (χ2n) is 3.99. The molecule has 0 radical (unpaired) electrons. The van der Waals surface area contributed by atoms with Gasteiger partial charge in [-0.3, -0.25) is 0 Å². The summed E-state index contributed by atoms with van der Waals surface area (Å²) in [5.74, 6) is 0. The topological polar surface area (TPSA) is 20.2 Å². The lowest BCUT2D eigenvalue weighted by Gasteiger charge is -2.23. The van der Waals surface area contributed by atoms with Gasteiger partial charge in [0.1, 0.15) is 0 Å². The van der Waals surface area contributed by atoms with Crippen LogP contribution in [-0.4, -0.2) is 5.11 Å². The Morgan fingerprint density at radius 1 is 1.43 bits per heavy atom. The fourth-order valence-electron chi connectivity index (χ4n) is 1.61. The second kappa shape index (κ2) is 4.33. The Kier molecular flexibility index (Phi) is 3.57. The highest BCUT2D eigenvalue weighted by atomic mass is 35.5. The SMILES string of the molecule is CCCC(C)(O)c1ccc(Cl)c(C)c1. The molecule has 1 N–H and O–H groups in total. The van der Waals surface area contributed by atoms with Crippen LogP contribution in [0, 0.1) is 6.92 Å². The van der Waals surface area contributed by atoms with Gasteiger partial charge in [0.15, 0.2) is 0 Å². The molecule has 0 spiro atoms. The van der Waals surface area contributed by atoms with Crippen molar-refractivity contribution < 1.29 is 5.11 Å². The molecule has 78 valence electrons. The Morgan fingerprint density at radius 2 is 2.07 bits per heavy atom. The zero-order valence-corrected chi connectivity index (χ0v) is 9.73. The van der Waals surface area contributed by atoms with Crippen molar-refractivity contribution in [1.82, 2.24) is 0 Å². The summed E-state index contributed by atoms with van der Waals surface area (Å²) in [6.45, 7) is 5.87. The van der Waals surface area contributed by atoms with Crippen molar-refractivity contribution in [2.75, 3.05) is 0 Å². The van der Waals surface area contributed by atoms with Crippen molar-refractivity contribution in [2.45, 2.75) is 39.2 Å². The van der Waals surface area contributed by atoms with Crippen molar-refractivity contribution in [3.05, 3.63) is 34.3 Å². The van der Waals surface area contributed by atoms with Gasteiger partial charge in [0, 0.05) is 5.02 Å². The molecule has 1 rings (SSSR count). The first-order chi connectivity index (χ1) is 6.47. The van der Waals surface area contributed by atoms with E-state index in [0.717, 1.165) is 29.0 Å². The lowest BCUT2D eigenvalue weighted by molar-refractivity contribution is 0.0469. The first-order valence-corrected chi connectivity index (χ1v) is 5.34. The highest BCUT2D eigenvalue weighted by Crippen LogP contribution is 2.28. The average molecular weight is 213 g/mol. The van der Waals surface area contributed by atoms with E-state index in [9.17, 15) is 5.11 Å². The predicted octanol–water partition coefficient (Wildman–Crippen LogP) is 3.66. The molecule has 1 aromatic carbocycles. The largest absolute Gasteiger partial charge is 0.385 e. The second-order valence-corrected chi connectivity index (χ2v) is 4.40. The van der Waals surface area contributed by atoms with Crippen LogP contribution in [0.3, 0.4) is 0 Å². The molecule has 0 saturated heterocycles. The summed E-state index contributed by atoms with van der Waals surface area (Å²) >= 11 is 5.93. The minimum absolute atomic E-state index is 0.732. The van der Waals surface area contributed by atoms with E-state index < -0.39 is 5.60 Å². The molecule has 1 unspecified atom stereocenters. The van der Waals surface area contributed by atoms with Crippen LogP contribution >= 0.6 is 11.6 Å². The standard InChI is InChI=1S/C12H17ClO/c1-4-7-12(3,14)10-5-6-11(13)9(2)8-10/h5-6,8,14H,4,7H2,1-3H3. The number of hydrogen-bond donors (Lipinski definition) is 1. The van der Waals surface area contributed by atoms with Crippen molar-refractivity contribution in [2.24, 2.45) is 0 Å². The Balaban J connectivity index is 3.01. The first kappa shape index (κ1) is 11.5. The van der Waals surface area contributed by atoms with Gasteiger partial charge >= 0.3 is 0 Å². The van der Waals surface area contributed by atoms with Crippen LogP contribution < -0.4 is 0 Å². The van der Waals surface area contributed by atoms with Crippen LogP contribution in [-0.2, 0) is 5.60 Å². The molecule has 0 amide bonds. The lowest BCUT2D eigenvalue weighted by Crippen LogP contribution is -2.20. The third-order valence-corrected chi connectivity index (χ3v) is 2.94. The summed E-state index contributed by atoms with van der Waals surface area (Å²) in [5.41, 5.74) is 1.23. The highest BCUT2D eigenvalue weighted by Gasteiger charge is 2.21. The zero-order chi connectivity index (χ0) is 10.8. The van der Waals surface area contributed by atoms with Crippen LogP contribution in [0.4, 0.5) is 0 Å². The number of aliphatic hydroxyl groups is 1. The molecule has 0 aliphatic heterocycles. The van der Waals surface area contributed by atoms with E-state index in [2.05, 4.69) is 6.92 Å². The van der Waals surface area contributed by atoms with Crippen LogP contribution in [0.15, 0.2) is 18.2 Å². The molecular weight excluding hydrogens is 196 g/mol. The van der Waals surface area contributed by atoms with Crippen molar-refractivity contribution in [1.29, 1.82) is 0 Å². The predicted molar refractivity (Wildman–Crippen MR) is 60.7 cm³/mol. The number of aryl methyl sites for hydroxylation is 1. The Morgan fingerprint density at radius 3 is 2.57 bits per heavy atom. The fraction of sp³-hybridized carbons (Fsp3) is 0.500. The summed E-state index contributed by atoms with van der Waals surface area (Å²) in [6, 6.07) is 5.69. The third kappa shape index (κ3) is 2.49. The molecule has 1 atom stereocenters. The molecule has 1 nitrogen and oxygen atoms in total. The first-order valence-electron chi connectivity index (χ1n) is 4.96. The highest BCUT2D eigenvalue weighted by molar-refractivity contribution is 6.31. The molecule has 1 aromatic rings. The summed E-state index contributed by atoms with van der Waals surface area (Å²) in [5, 5.41) is 10.9. The van der Waals surface area contributed by atoms with Crippen molar-refractivity contribution in [3.63, 3.8) is 0 Å². The van der Waals surface area contributed by atoms with Crippen LogP contribution in [0.1, 0.15) is 37.8 Å². The van der Waals surface area contributed by atoms with E-state index in [1.807, 2.05) is 32.0 Å². The lowest BCUT2D eigenvalue weighted by atomic mass is 9.90. The average Bonchev–Trinajstić information content (AvgIpc) is 2.09. The van der Waals surface area contributed by atoms with E-state index >= 15 is 0 Å². The quantitative estimate of drug-likeness (QED) is 0.811. The maximum absolute atomic E-state index is 10.2. The number of halogens is 1. The molecule has 14 heavy (non-hydrogen) atoms. The van der Waals surface area contributed by atoms with E-state index in [1.54, 1.807) is 0 Å². The van der Waals surface area contributed by atoms with Gasteiger partial charge in [0.05, 0.1) is 5.60 Å². The van der Waals surface area contributed by atoms with Gasteiger partial charge in [-0.15, -0.1) is 0 Å². The van der Waals surface area contributed by atoms with E-state index in [0.29, 0.717) is 0 Å². The Hall–Kier alpha value is -0.530. The third-order valence-electron chi connectivity index (χ3n) is 2.52. The monoisotopic (exact) mass is 212 g/mol. The van der Waals surface area contributed by atoms with Gasteiger partial charge in [-0.1, -0.05) is 37.1 Å². The summed E-state index contributed by atoms with van der Waals surface area (Å²) < 4.78 is 0. The van der Waals surface area contributed by atoms with Gasteiger partial charge < -0.3 is 5.11 Å². The van der Waals surface area contributed by atoms with E-state index in [1.165, 1.54) is 0 Å². The summed E-state index contributed by atoms with van der Waals surface area (Å²) in [7, 11) is 0. The minimum Gasteiger partial charge on any atom is -0.385 e. The number of benzene rings is 1. The van der Waals surface area contributed by atoms with Gasteiger partial charge in [-0.2, -0.15) is 0 Å². The van der Waals surface area contributed by atoms with Crippen LogP contribution in [0.2, 0.25) is 5.02 Å². The van der Waals surface area contributed by atoms with E-state index in [-0.39, 0.29) is 0 Å². The normalized spacial score (nSPS) is 15.2. The van der Waals surface area contributed by atoms with Crippen LogP contribution in [0.25, 0.3) is 0 Å². The maximum Gasteiger partial charge on any atom is 0.0868 e. The molecule has 0 fully saturated rings. The van der Waals surface area contributed by atoms with Crippen molar-refractivity contribution >= 4 is 11.6 Å². The van der Waals surface area contributed by atoms with Gasteiger partial charge in [-0.05, 0) is 37.5 Å². The molecule has 0 aliphatic carbocycles. The maximum atomic E-state index is 10.2. The smallest absolute Gasteiger partial charge is 0.0868 e. The molecule has 0 saturated carbocycles. The Bertz CT molecular complexity index is 318. The van der Waals surface area contributed by atoms with Gasteiger partial charge in [-0.25, -0.2) is 0 Å². The summed E-state index contributed by atoms with van der Waals surface area (Å²) in [6.07, 6.45) is 1.74. The molecular formula is C12H17ClO. The molecule has 2 heteroatoms. The number of rotatable bonds is 3. The van der Waals surface area contributed by atoms with Crippen LogP contribution in [0.5, 0.6) is 0 Å². The minimum atomic E-state index is -0.732. The molecule has 0 aromatic heterocycles. The van der Waals surface area contributed by atoms with E-state index in [4.69, 9.17) is 11.6 Å². The van der Waals surface area contributed by atoms with Gasteiger partial charge in [0.2, 0.25) is 0 Å². The fourth-order valence-corrected chi connectivity index (χ4v) is 1.73. The molecule has 0 aliphatic rings. The molecule has 0 heterocycles. The van der Waals surface area contributed by atoms with Crippen molar-refractivity contribution in [3.8, 4) is 0 Å². The Labute approximate surface area is 90.7 Å².